The fourth-order valence-electron chi connectivity index (χ4n) is 4.54. The van der Waals surface area contributed by atoms with E-state index in [2.05, 4.69) is 23.3 Å². The molecule has 23 heavy (non-hydrogen) atoms. The molecule has 2 heterocycles. The van der Waals surface area contributed by atoms with Crippen molar-refractivity contribution in [3.8, 4) is 11.3 Å². The lowest BCUT2D eigenvalue weighted by molar-refractivity contribution is 0.430. The molecule has 1 spiro atoms. The maximum atomic E-state index is 13.0. The first kappa shape index (κ1) is 13.0. The van der Waals surface area contributed by atoms with Gasteiger partial charge in [0.15, 0.2) is 0 Å². The van der Waals surface area contributed by atoms with Gasteiger partial charge in [-0.1, -0.05) is 37.1 Å². The molecule has 116 valence electrons. The van der Waals surface area contributed by atoms with Crippen molar-refractivity contribution in [2.45, 2.75) is 37.5 Å². The zero-order chi connectivity index (χ0) is 15.6. The minimum absolute atomic E-state index is 0.0406. The van der Waals surface area contributed by atoms with Crippen LogP contribution < -0.4 is 5.56 Å². The van der Waals surface area contributed by atoms with E-state index in [-0.39, 0.29) is 11.0 Å². The fraction of sp³-hybridized carbons (Fsp3) is 0.389. The molecule has 0 radical (unpaired) electrons. The SMILES string of the molecule is Cn1ncn2c(=O)c3c(nc12)-c1ccccc1C1(CCCC1)C3. The summed E-state index contributed by atoms with van der Waals surface area (Å²) < 4.78 is 3.24. The molecule has 0 aliphatic heterocycles. The van der Waals surface area contributed by atoms with Crippen LogP contribution in [0.15, 0.2) is 35.4 Å². The number of hydrogen-bond donors (Lipinski definition) is 0. The van der Waals surface area contributed by atoms with E-state index in [1.165, 1.54) is 31.2 Å². The second kappa shape index (κ2) is 4.31. The maximum Gasteiger partial charge on any atom is 0.264 e. The number of rotatable bonds is 0. The Hall–Kier alpha value is -2.43. The van der Waals surface area contributed by atoms with Gasteiger partial charge in [0.25, 0.3) is 5.56 Å². The van der Waals surface area contributed by atoms with Crippen LogP contribution in [0.25, 0.3) is 17.0 Å². The van der Waals surface area contributed by atoms with Crippen molar-refractivity contribution in [3.63, 3.8) is 0 Å². The van der Waals surface area contributed by atoms with Crippen molar-refractivity contribution < 1.29 is 0 Å². The zero-order valence-corrected chi connectivity index (χ0v) is 13.1. The second-order valence-corrected chi connectivity index (χ2v) is 6.88. The van der Waals surface area contributed by atoms with Gasteiger partial charge in [-0.05, 0) is 24.8 Å². The first-order valence-electron chi connectivity index (χ1n) is 8.23. The van der Waals surface area contributed by atoms with Gasteiger partial charge in [0.05, 0.1) is 5.69 Å². The molecule has 5 nitrogen and oxygen atoms in total. The minimum atomic E-state index is 0.0406. The Labute approximate surface area is 133 Å². The highest BCUT2D eigenvalue weighted by Gasteiger charge is 2.42. The number of hydrogen-bond acceptors (Lipinski definition) is 3. The topological polar surface area (TPSA) is 52.2 Å². The van der Waals surface area contributed by atoms with Crippen LogP contribution in [0.2, 0.25) is 0 Å². The van der Waals surface area contributed by atoms with Gasteiger partial charge in [0.1, 0.15) is 6.33 Å². The Morgan fingerprint density at radius 1 is 1.17 bits per heavy atom. The van der Waals surface area contributed by atoms with E-state index in [0.717, 1.165) is 23.2 Å². The normalized spacial score (nSPS) is 18.3. The predicted octanol–water partition coefficient (Wildman–Crippen LogP) is 2.46. The van der Waals surface area contributed by atoms with Crippen molar-refractivity contribution in [1.82, 2.24) is 19.2 Å². The molecule has 3 aromatic rings. The first-order chi connectivity index (χ1) is 11.2. The van der Waals surface area contributed by atoms with E-state index >= 15 is 0 Å². The molecule has 0 amide bonds. The van der Waals surface area contributed by atoms with Crippen LogP contribution >= 0.6 is 0 Å². The molecule has 2 aromatic heterocycles. The van der Waals surface area contributed by atoms with Crippen LogP contribution in [-0.4, -0.2) is 19.2 Å². The Kier molecular flexibility index (Phi) is 2.45. The molecule has 0 saturated heterocycles. The summed E-state index contributed by atoms with van der Waals surface area (Å²) in [7, 11) is 1.82. The maximum absolute atomic E-state index is 13.0. The highest BCUT2D eigenvalue weighted by Crippen LogP contribution is 2.50. The Balaban J connectivity index is 1.89. The third-order valence-electron chi connectivity index (χ3n) is 5.65. The third kappa shape index (κ3) is 1.59. The van der Waals surface area contributed by atoms with Gasteiger partial charge in [-0.25, -0.2) is 14.1 Å². The molecule has 5 heteroatoms. The standard InChI is InChI=1S/C18H18N4O/c1-21-17-20-15-12-6-2-3-7-14(12)18(8-4-5-9-18)10-13(15)16(23)22(17)11-19-21/h2-3,6-7,11H,4-5,8-10H2,1H3. The third-order valence-corrected chi connectivity index (χ3v) is 5.65. The molecule has 0 atom stereocenters. The number of nitrogens with zero attached hydrogens (tertiary/aromatic N) is 4. The Morgan fingerprint density at radius 3 is 2.78 bits per heavy atom. The number of benzene rings is 1. The van der Waals surface area contributed by atoms with E-state index in [0.29, 0.717) is 5.78 Å². The highest BCUT2D eigenvalue weighted by atomic mass is 16.1. The van der Waals surface area contributed by atoms with Crippen LogP contribution in [0, 0.1) is 0 Å². The van der Waals surface area contributed by atoms with Crippen molar-refractivity contribution in [3.05, 3.63) is 52.1 Å². The summed E-state index contributed by atoms with van der Waals surface area (Å²) in [5.74, 6) is 0.603. The summed E-state index contributed by atoms with van der Waals surface area (Å²) in [5, 5.41) is 4.19. The number of aryl methyl sites for hydroxylation is 1. The quantitative estimate of drug-likeness (QED) is 0.641. The summed E-state index contributed by atoms with van der Waals surface area (Å²) in [4.78, 5) is 17.8. The van der Waals surface area contributed by atoms with Gasteiger partial charge in [-0.2, -0.15) is 5.10 Å². The average molecular weight is 306 g/mol. The lowest BCUT2D eigenvalue weighted by atomic mass is 9.68. The largest absolute Gasteiger partial charge is 0.268 e. The van der Waals surface area contributed by atoms with Crippen LogP contribution in [0.3, 0.4) is 0 Å². The van der Waals surface area contributed by atoms with Gasteiger partial charge in [-0.3, -0.25) is 4.79 Å². The molecule has 1 aromatic carbocycles. The van der Waals surface area contributed by atoms with Crippen LogP contribution in [0.5, 0.6) is 0 Å². The fourth-order valence-corrected chi connectivity index (χ4v) is 4.54. The molecule has 2 aliphatic carbocycles. The molecule has 0 N–H and O–H groups in total. The van der Waals surface area contributed by atoms with E-state index in [9.17, 15) is 4.79 Å². The summed E-state index contributed by atoms with van der Waals surface area (Å²) in [5.41, 5.74) is 4.39. The summed E-state index contributed by atoms with van der Waals surface area (Å²) in [6.45, 7) is 0. The number of aromatic nitrogens is 4. The van der Waals surface area contributed by atoms with E-state index < -0.39 is 0 Å². The average Bonchev–Trinajstić information content (AvgIpc) is 3.18. The second-order valence-electron chi connectivity index (χ2n) is 6.88. The zero-order valence-electron chi connectivity index (χ0n) is 13.1. The van der Waals surface area contributed by atoms with Gasteiger partial charge < -0.3 is 0 Å². The molecular formula is C18H18N4O. The monoisotopic (exact) mass is 306 g/mol. The van der Waals surface area contributed by atoms with Crippen molar-refractivity contribution >= 4 is 5.78 Å². The minimum Gasteiger partial charge on any atom is -0.268 e. The van der Waals surface area contributed by atoms with E-state index in [1.807, 2.05) is 13.1 Å². The smallest absolute Gasteiger partial charge is 0.264 e. The molecule has 0 unspecified atom stereocenters. The van der Waals surface area contributed by atoms with Crippen LogP contribution in [0.4, 0.5) is 0 Å². The van der Waals surface area contributed by atoms with E-state index in [1.54, 1.807) is 15.4 Å². The molecule has 1 saturated carbocycles. The lowest BCUT2D eigenvalue weighted by Gasteiger charge is -2.36. The summed E-state index contributed by atoms with van der Waals surface area (Å²) in [6.07, 6.45) is 7.20. The van der Waals surface area contributed by atoms with Crippen molar-refractivity contribution in [1.29, 1.82) is 0 Å². The predicted molar refractivity (Wildman–Crippen MR) is 87.5 cm³/mol. The van der Waals surface area contributed by atoms with Crippen molar-refractivity contribution in [2.24, 2.45) is 7.05 Å². The van der Waals surface area contributed by atoms with Gasteiger partial charge >= 0.3 is 0 Å². The highest BCUT2D eigenvalue weighted by molar-refractivity contribution is 5.73. The van der Waals surface area contributed by atoms with Crippen molar-refractivity contribution in [2.75, 3.05) is 0 Å². The van der Waals surface area contributed by atoms with Gasteiger partial charge in [-0.15, -0.1) is 0 Å². The summed E-state index contributed by atoms with van der Waals surface area (Å²) in [6, 6.07) is 8.51. The Morgan fingerprint density at radius 2 is 1.96 bits per heavy atom. The molecule has 2 aliphatic rings. The lowest BCUT2D eigenvalue weighted by Crippen LogP contribution is -2.35. The first-order valence-corrected chi connectivity index (χ1v) is 8.23. The molecule has 0 bridgehead atoms. The molecule has 5 rings (SSSR count). The molecule has 1 fully saturated rings. The summed E-state index contributed by atoms with van der Waals surface area (Å²) >= 11 is 0. The van der Waals surface area contributed by atoms with Crippen LogP contribution in [-0.2, 0) is 18.9 Å². The van der Waals surface area contributed by atoms with Gasteiger partial charge in [0, 0.05) is 23.6 Å². The molecular weight excluding hydrogens is 288 g/mol. The van der Waals surface area contributed by atoms with E-state index in [4.69, 9.17) is 4.98 Å². The Bertz CT molecular complexity index is 992. The van der Waals surface area contributed by atoms with Crippen LogP contribution in [0.1, 0.15) is 36.8 Å². The number of fused-ring (bicyclic) bond motifs is 5. The van der Waals surface area contributed by atoms with Gasteiger partial charge in [0.2, 0.25) is 5.78 Å².